The van der Waals surface area contributed by atoms with Crippen LogP contribution in [0.3, 0.4) is 0 Å². The van der Waals surface area contributed by atoms with Crippen molar-refractivity contribution in [1.29, 1.82) is 0 Å². The van der Waals surface area contributed by atoms with E-state index < -0.39 is 33.8 Å². The maximum Gasteiger partial charge on any atom is 0.338 e. The van der Waals surface area contributed by atoms with Crippen LogP contribution in [-0.2, 0) is 29.1 Å². The van der Waals surface area contributed by atoms with Crippen molar-refractivity contribution in [3.05, 3.63) is 62.5 Å². The number of aromatic nitrogens is 1. The minimum Gasteiger partial charge on any atom is -0.469 e. The number of carbonyl (C=O) groups excluding carboxylic acids is 2. The van der Waals surface area contributed by atoms with E-state index in [1.54, 1.807) is 17.6 Å². The van der Waals surface area contributed by atoms with Crippen LogP contribution in [0.5, 0.6) is 0 Å². The number of esters is 2. The molecule has 1 atom stereocenters. The highest BCUT2D eigenvalue weighted by Crippen LogP contribution is 2.40. The van der Waals surface area contributed by atoms with Crippen molar-refractivity contribution < 1.29 is 31.9 Å². The smallest absolute Gasteiger partial charge is 0.338 e. The van der Waals surface area contributed by atoms with Crippen LogP contribution in [-0.4, -0.2) is 68.5 Å². The van der Waals surface area contributed by atoms with Gasteiger partial charge in [-0.1, -0.05) is 23.7 Å². The second-order valence-electron chi connectivity index (χ2n) is 8.62. The van der Waals surface area contributed by atoms with E-state index in [9.17, 15) is 22.4 Å². The molecular formula is C24H26ClFN4O6S2. The molecule has 204 valence electrons. The van der Waals surface area contributed by atoms with Crippen molar-refractivity contribution in [3.63, 3.8) is 0 Å². The molecule has 2 aliphatic heterocycles. The lowest BCUT2D eigenvalue weighted by molar-refractivity contribution is -0.140. The summed E-state index contributed by atoms with van der Waals surface area (Å²) in [4.78, 5) is 33.5. The topological polar surface area (TPSA) is 127 Å². The third-order valence-electron chi connectivity index (χ3n) is 6.44. The Hall–Kier alpha value is -2.87. The van der Waals surface area contributed by atoms with Gasteiger partial charge in [0.15, 0.2) is 10.8 Å². The molecule has 3 heterocycles. The van der Waals surface area contributed by atoms with Gasteiger partial charge in [0.25, 0.3) is 0 Å². The van der Waals surface area contributed by atoms with E-state index in [-0.39, 0.29) is 41.8 Å². The number of methoxy groups -OCH3 is 2. The number of thiazole rings is 1. The van der Waals surface area contributed by atoms with Gasteiger partial charge in [-0.2, -0.15) is 0 Å². The van der Waals surface area contributed by atoms with Crippen LogP contribution in [0.15, 0.2) is 46.0 Å². The minimum atomic E-state index is -3.67. The lowest BCUT2D eigenvalue weighted by Gasteiger charge is -2.36. The summed E-state index contributed by atoms with van der Waals surface area (Å²) in [5.74, 6) is -2.13. The van der Waals surface area contributed by atoms with E-state index in [1.807, 2.05) is 0 Å². The molecule has 0 radical (unpaired) electrons. The van der Waals surface area contributed by atoms with E-state index >= 15 is 0 Å². The summed E-state index contributed by atoms with van der Waals surface area (Å²) in [5, 5.41) is 5.42. The van der Waals surface area contributed by atoms with Gasteiger partial charge in [0, 0.05) is 41.8 Å². The lowest BCUT2D eigenvalue weighted by atomic mass is 9.86. The standard InChI is InChI=1S/C24H26ClFN4O6S2/c1-35-17(31)8-13-38(33,34)30-10-6-14(7-11-30)20-18(24(32)36-2)21(15-4-3-5-16(26)19(15)25)29-22(28-20)23-27-9-12-37-23/h3-5,9,12,14,21H,6-8,10-11,13H2,1-2H3,(H,28,29). The van der Waals surface area contributed by atoms with Gasteiger partial charge in [0.05, 0.1) is 37.0 Å². The predicted molar refractivity (Wildman–Crippen MR) is 140 cm³/mol. The van der Waals surface area contributed by atoms with E-state index in [4.69, 9.17) is 16.3 Å². The Kier molecular flexibility index (Phi) is 8.81. The third kappa shape index (κ3) is 5.90. The number of hydrogen-bond acceptors (Lipinski definition) is 10. The Bertz CT molecular complexity index is 1370. The van der Waals surface area contributed by atoms with Crippen molar-refractivity contribution in [2.45, 2.75) is 25.3 Å². The van der Waals surface area contributed by atoms with Gasteiger partial charge in [-0.25, -0.2) is 26.9 Å². The predicted octanol–water partition coefficient (Wildman–Crippen LogP) is 3.06. The molecule has 1 unspecified atom stereocenters. The number of aliphatic imine (C=N–C) groups is 1. The number of allylic oxidation sites excluding steroid dienone is 1. The molecule has 1 aromatic heterocycles. The first kappa shape index (κ1) is 28.1. The number of amidine groups is 1. The molecule has 1 aromatic carbocycles. The van der Waals surface area contributed by atoms with Crippen LogP contribution < -0.4 is 5.32 Å². The quantitative estimate of drug-likeness (QED) is 0.469. The second kappa shape index (κ2) is 11.9. The molecule has 0 spiro atoms. The average molecular weight is 585 g/mol. The summed E-state index contributed by atoms with van der Waals surface area (Å²) < 4.78 is 50.9. The molecule has 2 aromatic rings. The van der Waals surface area contributed by atoms with Crippen LogP contribution in [0, 0.1) is 11.7 Å². The average Bonchev–Trinajstić information content (AvgIpc) is 3.47. The fraction of sp³-hybridized carbons (Fsp3) is 0.417. The van der Waals surface area contributed by atoms with Crippen LogP contribution in [0.1, 0.15) is 35.9 Å². The number of carbonyl (C=O) groups is 2. The highest BCUT2D eigenvalue weighted by molar-refractivity contribution is 7.89. The SMILES string of the molecule is COC(=O)CCS(=O)(=O)N1CCC(C2=C(C(=O)OC)C(c3cccc(F)c3Cl)N=C(c3nccs3)N2)CC1. The van der Waals surface area contributed by atoms with Gasteiger partial charge in [-0.05, 0) is 18.9 Å². The Morgan fingerprint density at radius 2 is 1.97 bits per heavy atom. The summed E-state index contributed by atoms with van der Waals surface area (Å²) in [5.41, 5.74) is 0.976. The molecule has 14 heteroatoms. The first-order valence-corrected chi connectivity index (χ1v) is 14.6. The summed E-state index contributed by atoms with van der Waals surface area (Å²) >= 11 is 7.65. The number of benzene rings is 1. The van der Waals surface area contributed by atoms with Crippen LogP contribution >= 0.6 is 22.9 Å². The van der Waals surface area contributed by atoms with Gasteiger partial charge in [0.2, 0.25) is 10.0 Å². The maximum atomic E-state index is 14.4. The molecule has 0 aliphatic carbocycles. The van der Waals surface area contributed by atoms with Gasteiger partial charge in [-0.3, -0.25) is 9.79 Å². The molecule has 38 heavy (non-hydrogen) atoms. The van der Waals surface area contributed by atoms with E-state index in [0.717, 1.165) is 0 Å². The van der Waals surface area contributed by atoms with E-state index in [2.05, 4.69) is 20.0 Å². The number of hydrogen-bond donors (Lipinski definition) is 1. The number of nitrogens with one attached hydrogen (secondary N) is 1. The monoisotopic (exact) mass is 584 g/mol. The Balaban J connectivity index is 1.69. The number of halogens is 2. The molecule has 10 nitrogen and oxygen atoms in total. The van der Waals surface area contributed by atoms with Crippen molar-refractivity contribution in [2.75, 3.05) is 33.1 Å². The molecule has 0 saturated carbocycles. The van der Waals surface area contributed by atoms with Crippen LogP contribution in [0.25, 0.3) is 0 Å². The number of ether oxygens (including phenoxy) is 2. The van der Waals surface area contributed by atoms with Crippen molar-refractivity contribution >= 4 is 50.7 Å². The molecule has 2 aliphatic rings. The fourth-order valence-corrected chi connectivity index (χ4v) is 6.76. The molecule has 0 bridgehead atoms. The lowest BCUT2D eigenvalue weighted by Crippen LogP contribution is -2.44. The summed E-state index contributed by atoms with van der Waals surface area (Å²) in [6.07, 6.45) is 2.15. The Labute approximate surface area is 228 Å². The zero-order chi connectivity index (χ0) is 27.4. The van der Waals surface area contributed by atoms with Gasteiger partial charge in [0.1, 0.15) is 11.9 Å². The molecule has 0 amide bonds. The summed E-state index contributed by atoms with van der Waals surface area (Å²) in [6, 6.07) is 3.34. The van der Waals surface area contributed by atoms with Crippen LogP contribution in [0.4, 0.5) is 4.39 Å². The summed E-state index contributed by atoms with van der Waals surface area (Å²) in [7, 11) is -1.22. The summed E-state index contributed by atoms with van der Waals surface area (Å²) in [6.45, 7) is 0.367. The highest BCUT2D eigenvalue weighted by Gasteiger charge is 2.39. The Morgan fingerprint density at radius 1 is 1.24 bits per heavy atom. The van der Waals surface area contributed by atoms with Gasteiger partial charge < -0.3 is 14.8 Å². The molecule has 1 saturated heterocycles. The molecular weight excluding hydrogens is 559 g/mol. The normalized spacial score (nSPS) is 19.1. The number of sulfonamides is 1. The van der Waals surface area contributed by atoms with Crippen molar-refractivity contribution in [2.24, 2.45) is 10.9 Å². The molecule has 1 fully saturated rings. The van der Waals surface area contributed by atoms with Crippen molar-refractivity contribution in [1.82, 2.24) is 14.6 Å². The highest BCUT2D eigenvalue weighted by atomic mass is 35.5. The first-order chi connectivity index (χ1) is 18.2. The number of piperidine rings is 1. The first-order valence-electron chi connectivity index (χ1n) is 11.7. The number of rotatable bonds is 8. The zero-order valence-corrected chi connectivity index (χ0v) is 23.0. The third-order valence-corrected chi connectivity index (χ3v) is 9.49. The van der Waals surface area contributed by atoms with Crippen molar-refractivity contribution in [3.8, 4) is 0 Å². The van der Waals surface area contributed by atoms with Gasteiger partial charge in [-0.15, -0.1) is 11.3 Å². The second-order valence-corrected chi connectivity index (χ2v) is 12.0. The molecule has 4 rings (SSSR count). The Morgan fingerprint density at radius 3 is 2.61 bits per heavy atom. The van der Waals surface area contributed by atoms with E-state index in [1.165, 1.54) is 42.0 Å². The zero-order valence-electron chi connectivity index (χ0n) is 20.6. The maximum absolute atomic E-state index is 14.4. The van der Waals surface area contributed by atoms with Gasteiger partial charge >= 0.3 is 11.9 Å². The van der Waals surface area contributed by atoms with E-state index in [0.29, 0.717) is 34.9 Å². The molecule has 1 N–H and O–H groups in total. The minimum absolute atomic E-state index is 0.158. The number of nitrogens with zero attached hydrogens (tertiary/aromatic N) is 3. The largest absolute Gasteiger partial charge is 0.469 e. The fourth-order valence-electron chi connectivity index (χ4n) is 4.49. The van der Waals surface area contributed by atoms with Crippen LogP contribution in [0.2, 0.25) is 5.02 Å².